The summed E-state index contributed by atoms with van der Waals surface area (Å²) in [6, 6.07) is 0. The summed E-state index contributed by atoms with van der Waals surface area (Å²) in [5.74, 6) is 3.60. The number of fused-ring (bicyclic) bond motifs is 5. The molecule has 0 heterocycles. The molecule has 3 saturated carbocycles. The van der Waals surface area contributed by atoms with Gasteiger partial charge in [0.1, 0.15) is 0 Å². The molecule has 1 unspecified atom stereocenters. The lowest BCUT2D eigenvalue weighted by Gasteiger charge is -2.59. The Balaban J connectivity index is 1.43. The van der Waals surface area contributed by atoms with Crippen molar-refractivity contribution >= 4 is 18.7 Å². The summed E-state index contributed by atoms with van der Waals surface area (Å²) < 4.78 is 44.0. The Hall–Kier alpha value is -0.213. The van der Waals surface area contributed by atoms with Gasteiger partial charge in [0.05, 0.1) is 6.10 Å². The molecule has 4 rings (SSSR count). The Kier molecular flexibility index (Phi) is 9.29. The molecular formula is C33H60O5SSi. The third-order valence-electron chi connectivity index (χ3n) is 13.0. The summed E-state index contributed by atoms with van der Waals surface area (Å²) in [6.07, 6.45) is 14.3. The largest absolute Gasteiger partial charge is 0.414 e. The van der Waals surface area contributed by atoms with Crippen LogP contribution in [0.25, 0.3) is 0 Å². The monoisotopic (exact) mass is 596 g/mol. The van der Waals surface area contributed by atoms with Gasteiger partial charge in [0, 0.05) is 6.10 Å². The van der Waals surface area contributed by atoms with Crippen molar-refractivity contribution in [1.82, 2.24) is 0 Å². The van der Waals surface area contributed by atoms with Crippen molar-refractivity contribution in [3.05, 3.63) is 11.6 Å². The molecule has 0 aromatic carbocycles. The molecule has 0 radical (unpaired) electrons. The van der Waals surface area contributed by atoms with Gasteiger partial charge in [0.2, 0.25) is 0 Å². The fourth-order valence-electron chi connectivity index (χ4n) is 9.57. The molecule has 0 spiro atoms. The second-order valence-corrected chi connectivity index (χ2v) is 22.4. The van der Waals surface area contributed by atoms with E-state index in [1.165, 1.54) is 44.9 Å². The van der Waals surface area contributed by atoms with E-state index in [1.54, 1.807) is 5.57 Å². The van der Waals surface area contributed by atoms with Crippen LogP contribution in [0.3, 0.4) is 0 Å². The highest BCUT2D eigenvalue weighted by atomic mass is 32.3. The third-order valence-corrected chi connectivity index (χ3v) is 18.0. The van der Waals surface area contributed by atoms with Crippen molar-refractivity contribution < 1.29 is 21.6 Å². The summed E-state index contributed by atoms with van der Waals surface area (Å²) in [5, 5.41) is 0.253. The Morgan fingerprint density at radius 1 is 1.02 bits per heavy atom. The van der Waals surface area contributed by atoms with Crippen LogP contribution in [0, 0.1) is 46.3 Å². The highest BCUT2D eigenvalue weighted by Crippen LogP contribution is 2.67. The number of hydrogen-bond donors (Lipinski definition) is 1. The van der Waals surface area contributed by atoms with Crippen LogP contribution in [0.1, 0.15) is 120 Å². The van der Waals surface area contributed by atoms with Crippen LogP contribution in [-0.4, -0.2) is 33.5 Å². The molecule has 0 saturated heterocycles. The van der Waals surface area contributed by atoms with Gasteiger partial charge in [0.25, 0.3) is 0 Å². The first-order valence-electron chi connectivity index (χ1n) is 16.3. The zero-order chi connectivity index (χ0) is 29.9. The van der Waals surface area contributed by atoms with Crippen molar-refractivity contribution in [2.24, 2.45) is 46.3 Å². The minimum Gasteiger partial charge on any atom is -0.414 e. The molecule has 4 aliphatic carbocycles. The summed E-state index contributed by atoms with van der Waals surface area (Å²) >= 11 is 0. The van der Waals surface area contributed by atoms with Gasteiger partial charge in [-0.25, -0.2) is 4.18 Å². The molecule has 9 atom stereocenters. The first kappa shape index (κ1) is 32.7. The molecule has 7 heteroatoms. The molecule has 0 bridgehead atoms. The first-order valence-corrected chi connectivity index (χ1v) is 20.6. The smallest absolute Gasteiger partial charge is 0.397 e. The lowest BCUT2D eigenvalue weighted by Crippen LogP contribution is -2.52. The van der Waals surface area contributed by atoms with E-state index in [2.05, 4.69) is 60.7 Å². The van der Waals surface area contributed by atoms with E-state index in [0.717, 1.165) is 30.6 Å². The van der Waals surface area contributed by atoms with E-state index >= 15 is 0 Å². The fourth-order valence-corrected chi connectivity index (χ4v) is 11.6. The maximum absolute atomic E-state index is 11.4. The fraction of sp³-hybridized carbons (Fsp3) is 0.939. The maximum Gasteiger partial charge on any atom is 0.397 e. The zero-order valence-electron chi connectivity index (χ0n) is 27.3. The van der Waals surface area contributed by atoms with Crippen molar-refractivity contribution in [3.63, 3.8) is 0 Å². The first-order chi connectivity index (χ1) is 18.3. The molecule has 0 aromatic heterocycles. The van der Waals surface area contributed by atoms with Crippen LogP contribution >= 0.6 is 0 Å². The molecular weight excluding hydrogens is 537 g/mol. The van der Waals surface area contributed by atoms with Crippen LogP contribution in [0.15, 0.2) is 11.6 Å². The molecule has 1 N–H and O–H groups in total. The highest BCUT2D eigenvalue weighted by molar-refractivity contribution is 7.80. The van der Waals surface area contributed by atoms with Gasteiger partial charge in [-0.05, 0) is 129 Å². The van der Waals surface area contributed by atoms with Crippen molar-refractivity contribution in [2.45, 2.75) is 150 Å². The van der Waals surface area contributed by atoms with Gasteiger partial charge in [-0.2, -0.15) is 8.42 Å². The average molecular weight is 597 g/mol. The van der Waals surface area contributed by atoms with E-state index in [9.17, 15) is 13.0 Å². The normalized spacial score (nSPS) is 38.3. The van der Waals surface area contributed by atoms with Gasteiger partial charge in [-0.3, -0.25) is 4.55 Å². The number of allylic oxidation sites excluding steroid dienone is 1. The van der Waals surface area contributed by atoms with E-state index in [1.807, 2.05) is 13.8 Å². The number of rotatable bonds is 9. The summed E-state index contributed by atoms with van der Waals surface area (Å²) in [7, 11) is -6.19. The Bertz CT molecular complexity index is 1050. The van der Waals surface area contributed by atoms with E-state index < -0.39 is 24.8 Å². The summed E-state index contributed by atoms with van der Waals surface area (Å²) in [5.41, 5.74) is 2.40. The Morgan fingerprint density at radius 2 is 1.70 bits per heavy atom. The van der Waals surface area contributed by atoms with Crippen LogP contribution in [-0.2, 0) is 19.0 Å². The molecule has 5 nitrogen and oxygen atoms in total. The standard InChI is InChI=1S/C33H60O5SSi/c1-22(2)30(37-39(34,35)36)16-11-23(3)27-14-15-28-26-13-12-24-21-25(38-40(9,10)31(4,5)6)17-19-32(24,7)29(26)18-20-33(27,28)8/h12,22-23,25-30H,11,13-21H2,1-10H3,(H,34,35,36)/t23-,25?,26+,27-,28+,29+,30+,32+,33-/m1/s1. The van der Waals surface area contributed by atoms with E-state index in [0.29, 0.717) is 35.2 Å². The van der Waals surface area contributed by atoms with Crippen LogP contribution in [0.5, 0.6) is 0 Å². The summed E-state index contributed by atoms with van der Waals surface area (Å²) in [6.45, 7) is 23.3. The van der Waals surface area contributed by atoms with Crippen LogP contribution in [0.2, 0.25) is 18.1 Å². The molecule has 232 valence electrons. The second-order valence-electron chi connectivity index (χ2n) is 16.6. The van der Waals surface area contributed by atoms with E-state index in [-0.39, 0.29) is 11.0 Å². The lowest BCUT2D eigenvalue weighted by atomic mass is 9.47. The molecule has 4 aliphatic rings. The summed E-state index contributed by atoms with van der Waals surface area (Å²) in [4.78, 5) is 0. The lowest BCUT2D eigenvalue weighted by molar-refractivity contribution is -0.0570. The van der Waals surface area contributed by atoms with Crippen LogP contribution < -0.4 is 0 Å². The van der Waals surface area contributed by atoms with E-state index in [4.69, 9.17) is 8.61 Å². The predicted octanol–water partition coefficient (Wildman–Crippen LogP) is 9.22. The predicted molar refractivity (Wildman–Crippen MR) is 167 cm³/mol. The SMILES string of the molecule is CC(C)[C@H](CC[C@@H](C)[C@H]1CC[C@H]2[C@@H]3CC=C4CC(O[Si](C)(C)C(C)(C)C)CC[C@]4(C)[C@H]3CC[C@]12C)OS(=O)(=O)O. The van der Waals surface area contributed by atoms with Gasteiger partial charge < -0.3 is 4.43 Å². The van der Waals surface area contributed by atoms with Crippen molar-refractivity contribution in [3.8, 4) is 0 Å². The molecule has 0 amide bonds. The quantitative estimate of drug-likeness (QED) is 0.163. The minimum absolute atomic E-state index is 0.0443. The van der Waals surface area contributed by atoms with Gasteiger partial charge in [-0.15, -0.1) is 0 Å². The van der Waals surface area contributed by atoms with Crippen molar-refractivity contribution in [2.75, 3.05) is 0 Å². The number of hydrogen-bond acceptors (Lipinski definition) is 4. The molecule has 40 heavy (non-hydrogen) atoms. The molecule has 3 fully saturated rings. The highest BCUT2D eigenvalue weighted by Gasteiger charge is 2.59. The molecule has 0 aliphatic heterocycles. The molecule has 0 aromatic rings. The third kappa shape index (κ3) is 6.34. The topological polar surface area (TPSA) is 72.8 Å². The van der Waals surface area contributed by atoms with Gasteiger partial charge in [-0.1, -0.05) is 67.0 Å². The Labute approximate surface area is 247 Å². The second kappa shape index (κ2) is 11.4. The van der Waals surface area contributed by atoms with Crippen molar-refractivity contribution in [1.29, 1.82) is 0 Å². The van der Waals surface area contributed by atoms with Crippen LogP contribution in [0.4, 0.5) is 0 Å². The average Bonchev–Trinajstić information content (AvgIpc) is 3.17. The van der Waals surface area contributed by atoms with Gasteiger partial charge in [0.15, 0.2) is 8.32 Å². The zero-order valence-corrected chi connectivity index (χ0v) is 29.1. The Morgan fingerprint density at radius 3 is 2.30 bits per heavy atom. The minimum atomic E-state index is -4.43. The van der Waals surface area contributed by atoms with Gasteiger partial charge >= 0.3 is 10.4 Å². The maximum atomic E-state index is 11.4.